The predicted octanol–water partition coefficient (Wildman–Crippen LogP) is 3.82. The van der Waals surface area contributed by atoms with Crippen molar-refractivity contribution in [2.45, 2.75) is 70.9 Å². The third-order valence-corrected chi connectivity index (χ3v) is 7.15. The summed E-state index contributed by atoms with van der Waals surface area (Å²) in [6.45, 7) is 7.54. The number of nitrogens with zero attached hydrogens (tertiary/aromatic N) is 2. The molecule has 1 saturated carbocycles. The Hall–Kier alpha value is -1.40. The minimum atomic E-state index is -0.283. The van der Waals surface area contributed by atoms with E-state index in [1.165, 1.54) is 12.0 Å². The van der Waals surface area contributed by atoms with E-state index in [-0.39, 0.29) is 29.8 Å². The van der Waals surface area contributed by atoms with Gasteiger partial charge < -0.3 is 10.2 Å². The monoisotopic (exact) mass is 405 g/mol. The second-order valence-corrected chi connectivity index (χ2v) is 8.84. The summed E-state index contributed by atoms with van der Waals surface area (Å²) in [5.41, 5.74) is 1.26. The minimum Gasteiger partial charge on any atom is -0.352 e. The molecular formula is C22H35N3O2S. The van der Waals surface area contributed by atoms with Gasteiger partial charge in [0, 0.05) is 19.0 Å². The molecule has 3 rings (SSSR count). The molecule has 5 nitrogen and oxygen atoms in total. The first kappa shape index (κ1) is 21.3. The van der Waals surface area contributed by atoms with E-state index in [4.69, 9.17) is 0 Å². The van der Waals surface area contributed by atoms with Crippen molar-refractivity contribution in [2.75, 3.05) is 26.2 Å². The van der Waals surface area contributed by atoms with Crippen molar-refractivity contribution in [3.05, 3.63) is 22.4 Å². The molecule has 1 aliphatic carbocycles. The summed E-state index contributed by atoms with van der Waals surface area (Å²) in [6.07, 6.45) is 7.24. The van der Waals surface area contributed by atoms with E-state index in [0.29, 0.717) is 6.54 Å². The maximum atomic E-state index is 13.0. The zero-order valence-electron chi connectivity index (χ0n) is 17.4. The van der Waals surface area contributed by atoms with Crippen LogP contribution in [0.25, 0.3) is 0 Å². The number of amides is 2. The minimum absolute atomic E-state index is 0.0223. The molecule has 28 heavy (non-hydrogen) atoms. The van der Waals surface area contributed by atoms with E-state index in [2.05, 4.69) is 40.9 Å². The molecule has 2 fully saturated rings. The summed E-state index contributed by atoms with van der Waals surface area (Å²) in [4.78, 5) is 30.2. The van der Waals surface area contributed by atoms with Gasteiger partial charge in [0.25, 0.3) is 0 Å². The molecule has 0 radical (unpaired) electrons. The van der Waals surface area contributed by atoms with Gasteiger partial charge in [-0.1, -0.05) is 33.1 Å². The third-order valence-electron chi connectivity index (χ3n) is 6.44. The van der Waals surface area contributed by atoms with E-state index in [1.807, 2.05) is 4.90 Å². The maximum absolute atomic E-state index is 13.0. The Morgan fingerprint density at radius 1 is 1.18 bits per heavy atom. The van der Waals surface area contributed by atoms with Crippen LogP contribution in [0.1, 0.15) is 70.4 Å². The molecule has 156 valence electrons. The van der Waals surface area contributed by atoms with Gasteiger partial charge in [-0.25, -0.2) is 0 Å². The van der Waals surface area contributed by atoms with Crippen LogP contribution in [0, 0.1) is 5.92 Å². The highest BCUT2D eigenvalue weighted by Gasteiger charge is 2.37. The van der Waals surface area contributed by atoms with Gasteiger partial charge in [-0.05, 0) is 61.2 Å². The molecule has 2 aliphatic rings. The zero-order chi connectivity index (χ0) is 19.9. The normalized spacial score (nSPS) is 21.8. The van der Waals surface area contributed by atoms with Crippen LogP contribution in [0.2, 0.25) is 0 Å². The Labute approximate surface area is 173 Å². The standard InChI is InChI=1S/C22H35N3O2S/c1-3-24(4-2)20(18-12-14-28-16-18)15-23-21(26)19-11-8-13-25(19)22(27)17-9-6-5-7-10-17/h12,14,16-17,19-20H,3-11,13,15H2,1-2H3,(H,23,26). The third kappa shape index (κ3) is 4.95. The molecule has 0 spiro atoms. The molecule has 2 heterocycles. The molecule has 1 aromatic rings. The second kappa shape index (κ2) is 10.4. The fraction of sp³-hybridized carbons (Fsp3) is 0.727. The van der Waals surface area contributed by atoms with Crippen molar-refractivity contribution in [3.8, 4) is 0 Å². The van der Waals surface area contributed by atoms with Crippen molar-refractivity contribution >= 4 is 23.2 Å². The molecule has 6 heteroatoms. The lowest BCUT2D eigenvalue weighted by molar-refractivity contribution is -0.142. The predicted molar refractivity (Wildman–Crippen MR) is 114 cm³/mol. The maximum Gasteiger partial charge on any atom is 0.242 e. The molecule has 1 aromatic heterocycles. The van der Waals surface area contributed by atoms with Crippen LogP contribution in [0.4, 0.5) is 0 Å². The largest absolute Gasteiger partial charge is 0.352 e. The molecule has 2 unspecified atom stereocenters. The Kier molecular flexibility index (Phi) is 7.91. The number of carbonyl (C=O) groups excluding carboxylic acids is 2. The molecule has 2 amide bonds. The molecule has 1 N–H and O–H groups in total. The van der Waals surface area contributed by atoms with Crippen molar-refractivity contribution < 1.29 is 9.59 Å². The van der Waals surface area contributed by atoms with Gasteiger partial charge in [-0.2, -0.15) is 11.3 Å². The quantitative estimate of drug-likeness (QED) is 0.715. The summed E-state index contributed by atoms with van der Waals surface area (Å²) in [6, 6.07) is 2.05. The number of likely N-dealkylation sites (tertiary alicyclic amines) is 1. The highest BCUT2D eigenvalue weighted by molar-refractivity contribution is 7.07. The van der Waals surface area contributed by atoms with Gasteiger partial charge in [0.05, 0.1) is 6.04 Å². The van der Waals surface area contributed by atoms with Crippen LogP contribution in [0.15, 0.2) is 16.8 Å². The van der Waals surface area contributed by atoms with Crippen molar-refractivity contribution in [1.82, 2.24) is 15.1 Å². The topological polar surface area (TPSA) is 52.7 Å². The first-order chi connectivity index (χ1) is 13.7. The molecule has 0 bridgehead atoms. The Balaban J connectivity index is 1.61. The Bertz CT molecular complexity index is 624. The fourth-order valence-electron chi connectivity index (χ4n) is 4.79. The van der Waals surface area contributed by atoms with Crippen molar-refractivity contribution in [2.24, 2.45) is 5.92 Å². The number of nitrogens with one attached hydrogen (secondary N) is 1. The highest BCUT2D eigenvalue weighted by Crippen LogP contribution is 2.29. The lowest BCUT2D eigenvalue weighted by atomic mass is 9.88. The smallest absolute Gasteiger partial charge is 0.242 e. The van der Waals surface area contributed by atoms with Gasteiger partial charge in [0.1, 0.15) is 6.04 Å². The van der Waals surface area contributed by atoms with Gasteiger partial charge in [0.2, 0.25) is 11.8 Å². The summed E-state index contributed by atoms with van der Waals surface area (Å²) >= 11 is 1.69. The van der Waals surface area contributed by atoms with Crippen LogP contribution in [0.3, 0.4) is 0 Å². The highest BCUT2D eigenvalue weighted by atomic mass is 32.1. The average Bonchev–Trinajstić information content (AvgIpc) is 3.43. The number of carbonyl (C=O) groups is 2. The van der Waals surface area contributed by atoms with Crippen molar-refractivity contribution in [3.63, 3.8) is 0 Å². The molecular weight excluding hydrogens is 370 g/mol. The summed E-state index contributed by atoms with van der Waals surface area (Å²) < 4.78 is 0. The first-order valence-corrected chi connectivity index (χ1v) is 11.9. The van der Waals surface area contributed by atoms with E-state index < -0.39 is 0 Å². The van der Waals surface area contributed by atoms with E-state index >= 15 is 0 Å². The van der Waals surface area contributed by atoms with E-state index in [0.717, 1.165) is 58.2 Å². The number of thiophene rings is 1. The lowest BCUT2D eigenvalue weighted by Gasteiger charge is -2.32. The van der Waals surface area contributed by atoms with E-state index in [1.54, 1.807) is 11.3 Å². The van der Waals surface area contributed by atoms with Crippen LogP contribution in [-0.4, -0.2) is 53.8 Å². The van der Waals surface area contributed by atoms with Crippen LogP contribution >= 0.6 is 11.3 Å². The lowest BCUT2D eigenvalue weighted by Crippen LogP contribution is -2.49. The zero-order valence-corrected chi connectivity index (χ0v) is 18.2. The van der Waals surface area contributed by atoms with Gasteiger partial charge in [-0.3, -0.25) is 14.5 Å². The number of hydrogen-bond donors (Lipinski definition) is 1. The Morgan fingerprint density at radius 3 is 2.57 bits per heavy atom. The molecule has 1 aliphatic heterocycles. The van der Waals surface area contributed by atoms with Gasteiger partial charge in [0.15, 0.2) is 0 Å². The fourth-order valence-corrected chi connectivity index (χ4v) is 5.50. The second-order valence-electron chi connectivity index (χ2n) is 8.06. The average molecular weight is 406 g/mol. The SMILES string of the molecule is CCN(CC)C(CNC(=O)C1CCCN1C(=O)C1CCCCC1)c1ccsc1. The first-order valence-electron chi connectivity index (χ1n) is 11.0. The van der Waals surface area contributed by atoms with Crippen LogP contribution in [0.5, 0.6) is 0 Å². The van der Waals surface area contributed by atoms with E-state index in [9.17, 15) is 9.59 Å². The van der Waals surface area contributed by atoms with Gasteiger partial charge >= 0.3 is 0 Å². The van der Waals surface area contributed by atoms with Crippen molar-refractivity contribution in [1.29, 1.82) is 0 Å². The molecule has 0 aromatic carbocycles. The molecule has 2 atom stereocenters. The molecule has 1 saturated heterocycles. The number of rotatable bonds is 8. The summed E-state index contributed by atoms with van der Waals surface area (Å²) in [5.74, 6) is 0.376. The Morgan fingerprint density at radius 2 is 1.93 bits per heavy atom. The number of hydrogen-bond acceptors (Lipinski definition) is 4. The van der Waals surface area contributed by atoms with Gasteiger partial charge in [-0.15, -0.1) is 0 Å². The van der Waals surface area contributed by atoms with Crippen LogP contribution < -0.4 is 5.32 Å². The summed E-state index contributed by atoms with van der Waals surface area (Å²) in [7, 11) is 0. The summed E-state index contributed by atoms with van der Waals surface area (Å²) in [5, 5.41) is 7.44. The van der Waals surface area contributed by atoms with Crippen LogP contribution in [-0.2, 0) is 9.59 Å². The number of likely N-dealkylation sites (N-methyl/N-ethyl adjacent to an activating group) is 1.